The van der Waals surface area contributed by atoms with Crippen molar-refractivity contribution in [2.24, 2.45) is 0 Å². The minimum atomic E-state index is -0.243. The van der Waals surface area contributed by atoms with Crippen LogP contribution in [0.1, 0.15) is 28.8 Å². The van der Waals surface area contributed by atoms with Gasteiger partial charge in [-0.05, 0) is 66.1 Å². The van der Waals surface area contributed by atoms with E-state index in [1.54, 1.807) is 29.2 Å². The third-order valence-electron chi connectivity index (χ3n) is 5.65. The minimum absolute atomic E-state index is 0.0533. The summed E-state index contributed by atoms with van der Waals surface area (Å²) in [7, 11) is 0. The van der Waals surface area contributed by atoms with Crippen LogP contribution in [-0.4, -0.2) is 32.2 Å². The molecule has 4 rings (SSSR count). The largest absolute Gasteiger partial charge is 0.493 e. The van der Waals surface area contributed by atoms with Crippen LogP contribution in [0.2, 0.25) is 0 Å². The van der Waals surface area contributed by atoms with Gasteiger partial charge in [-0.25, -0.2) is 4.39 Å². The standard InChI is InChI=1S/C28H29FN4O2/c1-22-11-16-33(31-22)17-12-28(34)32(20-24-9-14-30-15-10-24)21-25-3-2-4-27(19-25)35-18-13-23-5-7-26(29)8-6-23/h2-11,14-16,19H,12-13,17-18,20-21H2,1H3. The Morgan fingerprint density at radius 1 is 0.971 bits per heavy atom. The average Bonchev–Trinajstić information content (AvgIpc) is 3.29. The highest BCUT2D eigenvalue weighted by atomic mass is 19.1. The molecule has 7 heteroatoms. The molecule has 2 aromatic carbocycles. The van der Waals surface area contributed by atoms with Gasteiger partial charge in [-0.3, -0.25) is 14.5 Å². The second kappa shape index (κ2) is 11.9. The van der Waals surface area contributed by atoms with Crippen molar-refractivity contribution in [3.63, 3.8) is 0 Å². The van der Waals surface area contributed by atoms with E-state index in [4.69, 9.17) is 4.74 Å². The summed E-state index contributed by atoms with van der Waals surface area (Å²) < 4.78 is 20.8. The maximum Gasteiger partial charge on any atom is 0.225 e. The summed E-state index contributed by atoms with van der Waals surface area (Å²) >= 11 is 0. The number of hydrogen-bond donors (Lipinski definition) is 0. The molecule has 0 aliphatic carbocycles. The van der Waals surface area contributed by atoms with Gasteiger partial charge in [-0.2, -0.15) is 5.10 Å². The Labute approximate surface area is 205 Å². The Morgan fingerprint density at radius 2 is 1.74 bits per heavy atom. The number of benzene rings is 2. The van der Waals surface area contributed by atoms with Gasteiger partial charge < -0.3 is 9.64 Å². The van der Waals surface area contributed by atoms with Gasteiger partial charge in [0.25, 0.3) is 0 Å². The number of aryl methyl sites for hydroxylation is 2. The van der Waals surface area contributed by atoms with Crippen molar-refractivity contribution in [2.75, 3.05) is 6.61 Å². The Hall–Kier alpha value is -4.00. The smallest absolute Gasteiger partial charge is 0.225 e. The lowest BCUT2D eigenvalue weighted by Gasteiger charge is -2.23. The van der Waals surface area contributed by atoms with E-state index in [1.807, 2.05) is 60.5 Å². The first-order chi connectivity index (χ1) is 17.0. The summed E-state index contributed by atoms with van der Waals surface area (Å²) in [6.45, 7) is 3.91. The van der Waals surface area contributed by atoms with E-state index >= 15 is 0 Å². The first kappa shape index (κ1) is 24.1. The predicted octanol–water partition coefficient (Wildman–Crippen LogP) is 4.97. The number of halogens is 1. The van der Waals surface area contributed by atoms with Crippen molar-refractivity contribution in [2.45, 2.75) is 39.4 Å². The molecule has 35 heavy (non-hydrogen) atoms. The number of rotatable bonds is 11. The maximum atomic E-state index is 13.2. The molecule has 6 nitrogen and oxygen atoms in total. The molecule has 0 spiro atoms. The molecule has 0 radical (unpaired) electrons. The number of amides is 1. The first-order valence-corrected chi connectivity index (χ1v) is 11.7. The SMILES string of the molecule is Cc1ccn(CCC(=O)N(Cc2ccncc2)Cc2cccc(OCCc3ccc(F)cc3)c2)n1. The summed E-state index contributed by atoms with van der Waals surface area (Å²) in [5, 5.41) is 4.38. The molecule has 0 saturated carbocycles. The zero-order chi connectivity index (χ0) is 24.5. The molecule has 2 heterocycles. The van der Waals surface area contributed by atoms with Gasteiger partial charge in [0.15, 0.2) is 0 Å². The average molecular weight is 473 g/mol. The van der Waals surface area contributed by atoms with Crippen molar-refractivity contribution < 1.29 is 13.9 Å². The molecule has 0 bridgehead atoms. The van der Waals surface area contributed by atoms with Gasteiger partial charge in [0.1, 0.15) is 11.6 Å². The number of carbonyl (C=O) groups is 1. The molecule has 1 amide bonds. The summed E-state index contributed by atoms with van der Waals surface area (Å²) in [4.78, 5) is 19.1. The number of ether oxygens (including phenoxy) is 1. The van der Waals surface area contributed by atoms with Gasteiger partial charge in [0, 0.05) is 51.1 Å². The van der Waals surface area contributed by atoms with Crippen molar-refractivity contribution >= 4 is 5.91 Å². The molecule has 180 valence electrons. The minimum Gasteiger partial charge on any atom is -0.493 e. The van der Waals surface area contributed by atoms with Crippen LogP contribution in [0.25, 0.3) is 0 Å². The van der Waals surface area contributed by atoms with Crippen LogP contribution in [0.15, 0.2) is 85.3 Å². The fourth-order valence-corrected chi connectivity index (χ4v) is 3.79. The monoisotopic (exact) mass is 472 g/mol. The number of carbonyl (C=O) groups excluding carboxylic acids is 1. The fraction of sp³-hybridized carbons (Fsp3) is 0.250. The van der Waals surface area contributed by atoms with Crippen molar-refractivity contribution in [3.8, 4) is 5.75 Å². The molecule has 0 atom stereocenters. The van der Waals surface area contributed by atoms with E-state index in [0.29, 0.717) is 39.1 Å². The zero-order valence-corrected chi connectivity index (χ0v) is 19.8. The predicted molar refractivity (Wildman–Crippen MR) is 132 cm³/mol. The molecule has 0 aliphatic rings. The first-order valence-electron chi connectivity index (χ1n) is 11.7. The molecule has 0 saturated heterocycles. The number of nitrogens with zero attached hydrogens (tertiary/aromatic N) is 4. The van der Waals surface area contributed by atoms with E-state index in [2.05, 4.69) is 10.1 Å². The Balaban J connectivity index is 1.39. The second-order valence-corrected chi connectivity index (χ2v) is 8.45. The number of hydrogen-bond acceptors (Lipinski definition) is 4. The highest BCUT2D eigenvalue weighted by molar-refractivity contribution is 5.76. The molecule has 0 N–H and O–H groups in total. The highest BCUT2D eigenvalue weighted by Gasteiger charge is 2.15. The third-order valence-corrected chi connectivity index (χ3v) is 5.65. The van der Waals surface area contributed by atoms with Gasteiger partial charge >= 0.3 is 0 Å². The van der Waals surface area contributed by atoms with Gasteiger partial charge in [0.2, 0.25) is 5.91 Å². The normalized spacial score (nSPS) is 10.8. The fourth-order valence-electron chi connectivity index (χ4n) is 3.79. The summed E-state index contributed by atoms with van der Waals surface area (Å²) in [5.41, 5.74) is 3.96. The van der Waals surface area contributed by atoms with Crippen LogP contribution in [0.4, 0.5) is 4.39 Å². The Bertz CT molecular complexity index is 1230. The van der Waals surface area contributed by atoms with Crippen LogP contribution < -0.4 is 4.74 Å². The molecule has 0 aliphatic heterocycles. The number of pyridine rings is 1. The summed E-state index contributed by atoms with van der Waals surface area (Å²) in [5.74, 6) is 0.554. The zero-order valence-electron chi connectivity index (χ0n) is 19.8. The van der Waals surface area contributed by atoms with Gasteiger partial charge in [-0.15, -0.1) is 0 Å². The lowest BCUT2D eigenvalue weighted by atomic mass is 10.1. The maximum absolute atomic E-state index is 13.2. The van der Waals surface area contributed by atoms with E-state index < -0.39 is 0 Å². The van der Waals surface area contributed by atoms with Crippen LogP contribution in [0.5, 0.6) is 5.75 Å². The van der Waals surface area contributed by atoms with Crippen LogP contribution in [0, 0.1) is 12.7 Å². The van der Waals surface area contributed by atoms with Crippen molar-refractivity contribution in [1.29, 1.82) is 0 Å². The van der Waals surface area contributed by atoms with Crippen molar-refractivity contribution in [1.82, 2.24) is 19.7 Å². The Morgan fingerprint density at radius 3 is 2.49 bits per heavy atom. The van der Waals surface area contributed by atoms with E-state index in [-0.39, 0.29) is 11.7 Å². The van der Waals surface area contributed by atoms with Gasteiger partial charge in [0.05, 0.1) is 12.3 Å². The van der Waals surface area contributed by atoms with Crippen LogP contribution in [0.3, 0.4) is 0 Å². The lowest BCUT2D eigenvalue weighted by molar-refractivity contribution is -0.132. The summed E-state index contributed by atoms with van der Waals surface area (Å²) in [6, 6.07) is 20.0. The molecule has 0 unspecified atom stereocenters. The van der Waals surface area contributed by atoms with Gasteiger partial charge in [-0.1, -0.05) is 24.3 Å². The second-order valence-electron chi connectivity index (χ2n) is 8.45. The quantitative estimate of drug-likeness (QED) is 0.309. The van der Waals surface area contributed by atoms with E-state index in [9.17, 15) is 9.18 Å². The van der Waals surface area contributed by atoms with E-state index in [0.717, 1.165) is 28.1 Å². The Kier molecular flexibility index (Phi) is 8.22. The molecular formula is C28H29FN4O2. The highest BCUT2D eigenvalue weighted by Crippen LogP contribution is 2.18. The number of aromatic nitrogens is 3. The molecule has 4 aromatic rings. The molecule has 0 fully saturated rings. The summed E-state index contributed by atoms with van der Waals surface area (Å²) in [6.07, 6.45) is 6.41. The lowest BCUT2D eigenvalue weighted by Crippen LogP contribution is -2.31. The molecule has 2 aromatic heterocycles. The van der Waals surface area contributed by atoms with Crippen LogP contribution >= 0.6 is 0 Å². The van der Waals surface area contributed by atoms with E-state index in [1.165, 1.54) is 12.1 Å². The topological polar surface area (TPSA) is 60.2 Å². The third kappa shape index (κ3) is 7.50. The molecular weight excluding hydrogens is 443 g/mol. The van der Waals surface area contributed by atoms with Crippen LogP contribution in [-0.2, 0) is 30.8 Å². The van der Waals surface area contributed by atoms with Crippen molar-refractivity contribution in [3.05, 3.63) is 114 Å².